The molecule has 0 atom stereocenters. The van der Waals surface area contributed by atoms with Gasteiger partial charge in [-0.3, -0.25) is 4.79 Å². The van der Waals surface area contributed by atoms with Gasteiger partial charge in [-0.25, -0.2) is 4.79 Å². The summed E-state index contributed by atoms with van der Waals surface area (Å²) in [7, 11) is 0. The Morgan fingerprint density at radius 3 is 2.27 bits per heavy atom. The molecule has 0 heterocycles. The van der Waals surface area contributed by atoms with Crippen molar-refractivity contribution in [1.29, 1.82) is 0 Å². The van der Waals surface area contributed by atoms with Crippen molar-refractivity contribution in [2.24, 2.45) is 5.92 Å². The number of hydroxylamine groups is 2. The highest BCUT2D eigenvalue weighted by Gasteiger charge is 2.30. The summed E-state index contributed by atoms with van der Waals surface area (Å²) in [5.74, 6) is -0.584. The fraction of sp³-hybridized carbons (Fsp3) is 0.529. The summed E-state index contributed by atoms with van der Waals surface area (Å²) in [6.07, 6.45) is 5.10. The Morgan fingerprint density at radius 2 is 1.73 bits per heavy atom. The van der Waals surface area contributed by atoms with E-state index in [9.17, 15) is 9.59 Å². The maximum atomic E-state index is 12.6. The zero-order chi connectivity index (χ0) is 16.1. The van der Waals surface area contributed by atoms with Crippen LogP contribution in [0.3, 0.4) is 0 Å². The van der Waals surface area contributed by atoms with E-state index in [0.29, 0.717) is 5.56 Å². The molecule has 0 radical (unpaired) electrons. The van der Waals surface area contributed by atoms with Gasteiger partial charge in [0.25, 0.3) is 5.91 Å². The van der Waals surface area contributed by atoms with Gasteiger partial charge >= 0.3 is 5.97 Å². The molecule has 0 aromatic heterocycles. The van der Waals surface area contributed by atoms with E-state index in [1.165, 1.54) is 11.5 Å². The molecule has 1 aromatic carbocycles. The quantitative estimate of drug-likeness (QED) is 0.746. The monoisotopic (exact) mass is 367 g/mol. The Kier molecular flexibility index (Phi) is 6.00. The summed E-state index contributed by atoms with van der Waals surface area (Å²) in [5.41, 5.74) is 0.435. The van der Waals surface area contributed by atoms with Crippen LogP contribution in [0.25, 0.3) is 0 Å². The molecule has 0 spiro atoms. The summed E-state index contributed by atoms with van der Waals surface area (Å²) in [4.78, 5) is 30.2. The Balaban J connectivity index is 2.06. The SMILES string of the molecule is CC(C)N(OC(=O)c1ccc(Br)cc1)C(=O)C1CCCCC1. The minimum absolute atomic E-state index is 0.0196. The summed E-state index contributed by atoms with van der Waals surface area (Å²) < 4.78 is 0.892. The van der Waals surface area contributed by atoms with Crippen LogP contribution in [0, 0.1) is 5.92 Å². The Hall–Kier alpha value is -1.36. The topological polar surface area (TPSA) is 46.6 Å². The van der Waals surface area contributed by atoms with Gasteiger partial charge in [0.15, 0.2) is 0 Å². The Morgan fingerprint density at radius 1 is 1.14 bits per heavy atom. The molecule has 5 heteroatoms. The van der Waals surface area contributed by atoms with Crippen molar-refractivity contribution in [2.45, 2.75) is 52.0 Å². The first-order valence-electron chi connectivity index (χ1n) is 7.80. The van der Waals surface area contributed by atoms with Gasteiger partial charge in [-0.05, 0) is 51.0 Å². The van der Waals surface area contributed by atoms with Gasteiger partial charge in [0, 0.05) is 10.4 Å². The van der Waals surface area contributed by atoms with Gasteiger partial charge in [0.2, 0.25) is 0 Å². The van der Waals surface area contributed by atoms with E-state index in [4.69, 9.17) is 4.84 Å². The van der Waals surface area contributed by atoms with Crippen LogP contribution in [0.15, 0.2) is 28.7 Å². The molecule has 4 nitrogen and oxygen atoms in total. The average Bonchev–Trinajstić information content (AvgIpc) is 2.53. The predicted octanol–water partition coefficient (Wildman–Crippen LogP) is 4.34. The molecule has 1 saturated carbocycles. The number of hydrogen-bond donors (Lipinski definition) is 0. The van der Waals surface area contributed by atoms with Crippen molar-refractivity contribution in [1.82, 2.24) is 5.06 Å². The number of halogens is 1. The highest BCUT2D eigenvalue weighted by molar-refractivity contribution is 9.10. The first kappa shape index (κ1) is 17.0. The lowest BCUT2D eigenvalue weighted by Gasteiger charge is -2.30. The second kappa shape index (κ2) is 7.77. The second-order valence-electron chi connectivity index (χ2n) is 5.98. The summed E-state index contributed by atoms with van der Waals surface area (Å²) in [6.45, 7) is 3.71. The van der Waals surface area contributed by atoms with E-state index in [-0.39, 0.29) is 17.9 Å². The lowest BCUT2D eigenvalue weighted by Crippen LogP contribution is -2.42. The molecule has 0 bridgehead atoms. The number of benzene rings is 1. The number of nitrogens with zero attached hydrogens (tertiary/aromatic N) is 1. The minimum atomic E-state index is -0.495. The lowest BCUT2D eigenvalue weighted by atomic mass is 9.88. The summed E-state index contributed by atoms with van der Waals surface area (Å²) in [5, 5.41) is 1.25. The molecular formula is C17H22BrNO3. The highest BCUT2D eigenvalue weighted by atomic mass is 79.9. The van der Waals surface area contributed by atoms with E-state index < -0.39 is 5.97 Å². The van der Waals surface area contributed by atoms with Gasteiger partial charge in [-0.2, -0.15) is 5.06 Å². The molecule has 1 amide bonds. The Labute approximate surface area is 139 Å². The van der Waals surface area contributed by atoms with Gasteiger partial charge < -0.3 is 4.84 Å². The largest absolute Gasteiger partial charge is 0.363 e. The zero-order valence-corrected chi connectivity index (χ0v) is 14.6. The first-order valence-corrected chi connectivity index (χ1v) is 8.59. The summed E-state index contributed by atoms with van der Waals surface area (Å²) >= 11 is 3.33. The smallest absolute Gasteiger partial charge is 0.332 e. The van der Waals surface area contributed by atoms with Gasteiger partial charge in [-0.1, -0.05) is 35.2 Å². The molecular weight excluding hydrogens is 346 g/mol. The molecule has 0 saturated heterocycles. The van der Waals surface area contributed by atoms with Crippen molar-refractivity contribution in [3.8, 4) is 0 Å². The van der Waals surface area contributed by atoms with Gasteiger partial charge in [0.05, 0.1) is 11.6 Å². The number of carbonyl (C=O) groups is 2. The van der Waals surface area contributed by atoms with Crippen LogP contribution in [0.1, 0.15) is 56.3 Å². The van der Waals surface area contributed by atoms with Crippen LogP contribution < -0.4 is 0 Å². The molecule has 1 fully saturated rings. The minimum Gasteiger partial charge on any atom is -0.332 e. The predicted molar refractivity (Wildman–Crippen MR) is 88.1 cm³/mol. The number of amides is 1. The van der Waals surface area contributed by atoms with Crippen molar-refractivity contribution >= 4 is 27.8 Å². The van der Waals surface area contributed by atoms with E-state index in [1.807, 2.05) is 13.8 Å². The number of hydrogen-bond acceptors (Lipinski definition) is 3. The third kappa shape index (κ3) is 4.32. The molecule has 22 heavy (non-hydrogen) atoms. The van der Waals surface area contributed by atoms with Gasteiger partial charge in [-0.15, -0.1) is 0 Å². The third-order valence-electron chi connectivity index (χ3n) is 3.90. The van der Waals surface area contributed by atoms with Crippen molar-refractivity contribution < 1.29 is 14.4 Å². The van der Waals surface area contributed by atoms with E-state index in [1.54, 1.807) is 24.3 Å². The first-order chi connectivity index (χ1) is 10.5. The maximum Gasteiger partial charge on any atom is 0.363 e. The molecule has 1 aliphatic carbocycles. The van der Waals surface area contributed by atoms with Gasteiger partial charge in [0.1, 0.15) is 0 Å². The summed E-state index contributed by atoms with van der Waals surface area (Å²) in [6, 6.07) is 6.73. The van der Waals surface area contributed by atoms with E-state index >= 15 is 0 Å². The third-order valence-corrected chi connectivity index (χ3v) is 4.43. The molecule has 1 aliphatic rings. The normalized spacial score (nSPS) is 15.6. The molecule has 0 N–H and O–H groups in total. The van der Waals surface area contributed by atoms with Crippen molar-refractivity contribution in [2.75, 3.05) is 0 Å². The average molecular weight is 368 g/mol. The fourth-order valence-corrected chi connectivity index (χ4v) is 2.93. The highest BCUT2D eigenvalue weighted by Crippen LogP contribution is 2.26. The fourth-order valence-electron chi connectivity index (χ4n) is 2.66. The van der Waals surface area contributed by atoms with Crippen LogP contribution >= 0.6 is 15.9 Å². The Bertz CT molecular complexity index is 521. The van der Waals surface area contributed by atoms with Crippen LogP contribution in [0.5, 0.6) is 0 Å². The van der Waals surface area contributed by atoms with E-state index in [0.717, 1.165) is 30.2 Å². The van der Waals surface area contributed by atoms with Crippen LogP contribution in [0.2, 0.25) is 0 Å². The van der Waals surface area contributed by atoms with E-state index in [2.05, 4.69) is 15.9 Å². The van der Waals surface area contributed by atoms with Crippen LogP contribution in [0.4, 0.5) is 0 Å². The zero-order valence-electron chi connectivity index (χ0n) is 13.0. The molecule has 2 rings (SSSR count). The second-order valence-corrected chi connectivity index (χ2v) is 6.89. The molecule has 0 aliphatic heterocycles. The molecule has 0 unspecified atom stereocenters. The van der Waals surface area contributed by atoms with Crippen molar-refractivity contribution in [3.63, 3.8) is 0 Å². The molecule has 1 aromatic rings. The number of carbonyl (C=O) groups excluding carboxylic acids is 2. The molecule has 120 valence electrons. The lowest BCUT2D eigenvalue weighted by molar-refractivity contribution is -0.180. The van der Waals surface area contributed by atoms with Crippen LogP contribution in [-0.2, 0) is 9.63 Å². The van der Waals surface area contributed by atoms with Crippen molar-refractivity contribution in [3.05, 3.63) is 34.3 Å². The van der Waals surface area contributed by atoms with Crippen LogP contribution in [-0.4, -0.2) is 23.0 Å². The maximum absolute atomic E-state index is 12.6. The standard InChI is InChI=1S/C17H22BrNO3/c1-12(2)19(16(20)13-6-4-3-5-7-13)22-17(21)14-8-10-15(18)11-9-14/h8-13H,3-7H2,1-2H3. The number of rotatable bonds is 3.